The van der Waals surface area contributed by atoms with Crippen molar-refractivity contribution in [1.29, 1.82) is 0 Å². The molecule has 2 aliphatic heterocycles. The molecule has 35 heavy (non-hydrogen) atoms. The van der Waals surface area contributed by atoms with Crippen molar-refractivity contribution in [2.24, 2.45) is 4.99 Å². The van der Waals surface area contributed by atoms with Gasteiger partial charge in [0.1, 0.15) is 0 Å². The number of anilines is 1. The van der Waals surface area contributed by atoms with Crippen LogP contribution in [0.15, 0.2) is 58.4 Å². The number of methoxy groups -OCH3 is 1. The summed E-state index contributed by atoms with van der Waals surface area (Å²) in [6, 6.07) is 16.5. The zero-order chi connectivity index (χ0) is 25.0. The minimum atomic E-state index is 0.0142. The first-order valence-electron chi connectivity index (χ1n) is 12.6. The number of amides is 1. The standard InChI is InChI=1S/C29H37N3O2S/c1-6-15-32-25-14-13-22(18-24(25)21(2)20-29(32,3)4)19-26-27(33)31(16-10-17-34-5)28(35-26)30-23-11-8-7-9-12-23/h7-9,11-14,18-19,21H,6,10,15-17,20H2,1-5H3/b26-19+,30-28?. The number of thioether (sulfide) groups is 1. The highest BCUT2D eigenvalue weighted by Crippen LogP contribution is 2.44. The number of benzene rings is 2. The van der Waals surface area contributed by atoms with Crippen molar-refractivity contribution in [2.45, 2.75) is 58.4 Å². The van der Waals surface area contributed by atoms with Crippen molar-refractivity contribution in [1.82, 2.24) is 4.90 Å². The molecule has 2 heterocycles. The smallest absolute Gasteiger partial charge is 0.266 e. The Morgan fingerprint density at radius 1 is 1.17 bits per heavy atom. The van der Waals surface area contributed by atoms with E-state index in [4.69, 9.17) is 9.73 Å². The highest BCUT2D eigenvalue weighted by molar-refractivity contribution is 8.18. The molecular weight excluding hydrogens is 454 g/mol. The first kappa shape index (κ1) is 25.5. The zero-order valence-electron chi connectivity index (χ0n) is 21.6. The van der Waals surface area contributed by atoms with Crippen LogP contribution in [0.5, 0.6) is 0 Å². The van der Waals surface area contributed by atoms with Gasteiger partial charge in [0, 0.05) is 38.0 Å². The Balaban J connectivity index is 1.65. The third-order valence-electron chi connectivity index (χ3n) is 6.75. The molecule has 1 amide bonds. The number of ether oxygens (including phenoxy) is 1. The molecule has 0 N–H and O–H groups in total. The van der Waals surface area contributed by atoms with Gasteiger partial charge in [-0.25, -0.2) is 4.99 Å². The van der Waals surface area contributed by atoms with Crippen LogP contribution in [0.25, 0.3) is 6.08 Å². The molecule has 2 aliphatic rings. The van der Waals surface area contributed by atoms with Crippen LogP contribution in [0.1, 0.15) is 64.0 Å². The lowest BCUT2D eigenvalue weighted by Gasteiger charge is -2.47. The van der Waals surface area contributed by atoms with Gasteiger partial charge in [-0.1, -0.05) is 38.1 Å². The van der Waals surface area contributed by atoms with Gasteiger partial charge in [-0.15, -0.1) is 0 Å². The summed E-state index contributed by atoms with van der Waals surface area (Å²) in [4.78, 5) is 23.2. The fourth-order valence-corrected chi connectivity index (χ4v) is 6.19. The maximum absolute atomic E-state index is 13.4. The number of hydrogen-bond donors (Lipinski definition) is 0. The monoisotopic (exact) mass is 491 g/mol. The van der Waals surface area contributed by atoms with Crippen LogP contribution in [0.2, 0.25) is 0 Å². The fraction of sp³-hybridized carbons (Fsp3) is 0.448. The topological polar surface area (TPSA) is 45.1 Å². The Labute approximate surface area is 214 Å². The number of nitrogens with zero attached hydrogens (tertiary/aromatic N) is 3. The third-order valence-corrected chi connectivity index (χ3v) is 7.76. The number of para-hydroxylation sites is 1. The number of fused-ring (bicyclic) bond motifs is 1. The normalized spacial score (nSPS) is 21.7. The molecule has 1 saturated heterocycles. The predicted octanol–water partition coefficient (Wildman–Crippen LogP) is 6.83. The summed E-state index contributed by atoms with van der Waals surface area (Å²) in [6.45, 7) is 11.5. The molecule has 0 spiro atoms. The number of rotatable bonds is 8. The Morgan fingerprint density at radius 2 is 1.94 bits per heavy atom. The van der Waals surface area contributed by atoms with E-state index in [1.807, 2.05) is 36.4 Å². The van der Waals surface area contributed by atoms with Crippen LogP contribution >= 0.6 is 11.8 Å². The number of carbonyl (C=O) groups is 1. The van der Waals surface area contributed by atoms with Gasteiger partial charge in [0.15, 0.2) is 5.17 Å². The summed E-state index contributed by atoms with van der Waals surface area (Å²) in [6.07, 6.45) is 5.04. The van der Waals surface area contributed by atoms with Gasteiger partial charge in [0.05, 0.1) is 10.6 Å². The second kappa shape index (κ2) is 11.0. The van der Waals surface area contributed by atoms with Gasteiger partial charge in [-0.2, -0.15) is 0 Å². The largest absolute Gasteiger partial charge is 0.385 e. The lowest BCUT2D eigenvalue weighted by molar-refractivity contribution is -0.122. The predicted molar refractivity (Wildman–Crippen MR) is 149 cm³/mol. The van der Waals surface area contributed by atoms with E-state index in [9.17, 15) is 4.79 Å². The molecule has 0 aliphatic carbocycles. The minimum Gasteiger partial charge on any atom is -0.385 e. The van der Waals surface area contributed by atoms with Crippen molar-refractivity contribution in [3.63, 3.8) is 0 Å². The molecule has 186 valence electrons. The molecule has 2 aromatic carbocycles. The van der Waals surface area contributed by atoms with Crippen LogP contribution in [-0.4, -0.2) is 48.3 Å². The van der Waals surface area contributed by atoms with E-state index in [-0.39, 0.29) is 11.4 Å². The van der Waals surface area contributed by atoms with E-state index in [0.29, 0.717) is 24.0 Å². The fourth-order valence-electron chi connectivity index (χ4n) is 5.17. The number of aliphatic imine (C=N–C) groups is 1. The van der Waals surface area contributed by atoms with E-state index in [1.165, 1.54) is 23.0 Å². The number of carbonyl (C=O) groups excluding carboxylic acids is 1. The average Bonchev–Trinajstić information content (AvgIpc) is 3.11. The highest BCUT2D eigenvalue weighted by Gasteiger charge is 2.36. The maximum Gasteiger partial charge on any atom is 0.266 e. The van der Waals surface area contributed by atoms with Crippen molar-refractivity contribution >= 4 is 40.3 Å². The molecule has 1 fully saturated rings. The maximum atomic E-state index is 13.4. The van der Waals surface area contributed by atoms with Crippen LogP contribution in [0, 0.1) is 0 Å². The summed E-state index contributed by atoms with van der Waals surface area (Å²) >= 11 is 1.46. The Hall–Kier alpha value is -2.57. The first-order chi connectivity index (χ1) is 16.8. The van der Waals surface area contributed by atoms with Gasteiger partial charge >= 0.3 is 0 Å². The summed E-state index contributed by atoms with van der Waals surface area (Å²) in [5.41, 5.74) is 4.77. The lowest BCUT2D eigenvalue weighted by Crippen LogP contribution is -2.48. The van der Waals surface area contributed by atoms with E-state index in [0.717, 1.165) is 42.2 Å². The molecule has 1 unspecified atom stereocenters. The molecular formula is C29H37N3O2S. The van der Waals surface area contributed by atoms with Crippen LogP contribution in [0.3, 0.4) is 0 Å². The molecule has 0 bridgehead atoms. The first-order valence-corrected chi connectivity index (χ1v) is 13.4. The molecule has 5 nitrogen and oxygen atoms in total. The van der Waals surface area contributed by atoms with Gasteiger partial charge in [0.25, 0.3) is 5.91 Å². The zero-order valence-corrected chi connectivity index (χ0v) is 22.4. The number of hydrogen-bond acceptors (Lipinski definition) is 5. The molecule has 6 heteroatoms. The van der Waals surface area contributed by atoms with Gasteiger partial charge in [-0.3, -0.25) is 9.69 Å². The van der Waals surface area contributed by atoms with Gasteiger partial charge < -0.3 is 9.64 Å². The summed E-state index contributed by atoms with van der Waals surface area (Å²) in [5, 5.41) is 0.728. The molecule has 2 aromatic rings. The van der Waals surface area contributed by atoms with Gasteiger partial charge in [0.2, 0.25) is 0 Å². The third kappa shape index (κ3) is 5.65. The lowest BCUT2D eigenvalue weighted by atomic mass is 9.79. The molecule has 1 atom stereocenters. The van der Waals surface area contributed by atoms with E-state index >= 15 is 0 Å². The summed E-state index contributed by atoms with van der Waals surface area (Å²) < 4.78 is 5.21. The van der Waals surface area contributed by atoms with Crippen LogP contribution in [0.4, 0.5) is 11.4 Å². The van der Waals surface area contributed by atoms with Crippen LogP contribution in [-0.2, 0) is 9.53 Å². The second-order valence-corrected chi connectivity index (χ2v) is 11.0. The van der Waals surface area contributed by atoms with E-state index < -0.39 is 0 Å². The molecule has 0 aromatic heterocycles. The quantitative estimate of drug-likeness (QED) is 0.300. The van der Waals surface area contributed by atoms with E-state index in [2.05, 4.69) is 50.8 Å². The molecule has 0 saturated carbocycles. The van der Waals surface area contributed by atoms with Crippen LogP contribution < -0.4 is 4.90 Å². The average molecular weight is 492 g/mol. The Bertz CT molecular complexity index is 1110. The van der Waals surface area contributed by atoms with Crippen molar-refractivity contribution in [3.05, 3.63) is 64.6 Å². The van der Waals surface area contributed by atoms with Gasteiger partial charge in [-0.05, 0) is 92.3 Å². The molecule has 4 rings (SSSR count). The molecule has 0 radical (unpaired) electrons. The van der Waals surface area contributed by atoms with Crippen molar-refractivity contribution in [2.75, 3.05) is 31.7 Å². The SMILES string of the molecule is CCCN1c2ccc(/C=C3/SC(=Nc4ccccc4)N(CCCOC)C3=O)cc2C(C)CC1(C)C. The minimum absolute atomic E-state index is 0.0142. The Kier molecular flexibility index (Phi) is 8.02. The van der Waals surface area contributed by atoms with Crippen molar-refractivity contribution < 1.29 is 9.53 Å². The second-order valence-electron chi connectivity index (χ2n) is 10.0. The van der Waals surface area contributed by atoms with Crippen molar-refractivity contribution in [3.8, 4) is 0 Å². The highest BCUT2D eigenvalue weighted by atomic mass is 32.2. The summed E-state index contributed by atoms with van der Waals surface area (Å²) in [7, 11) is 1.69. The summed E-state index contributed by atoms with van der Waals surface area (Å²) in [5.74, 6) is 0.486. The Morgan fingerprint density at radius 3 is 2.66 bits per heavy atom. The van der Waals surface area contributed by atoms with E-state index in [1.54, 1.807) is 12.0 Å². The number of amidine groups is 1.